The highest BCUT2D eigenvalue weighted by Gasteiger charge is 2.21. The van der Waals surface area contributed by atoms with Gasteiger partial charge in [0, 0.05) is 11.6 Å². The molecule has 1 amide bonds. The SMILES string of the molecule is Cc1nc(-c2onc(C)c2NC(=O)O[C@H](C)c2nccs2)ccc1N. The minimum atomic E-state index is -0.623. The Hall–Kier alpha value is -2.94. The van der Waals surface area contributed by atoms with Gasteiger partial charge in [-0.25, -0.2) is 14.8 Å². The zero-order chi connectivity index (χ0) is 18.0. The fraction of sp³-hybridized carbons (Fsp3) is 0.250. The smallest absolute Gasteiger partial charge is 0.412 e. The number of aryl methyl sites for hydroxylation is 2. The minimum Gasteiger partial charge on any atom is -0.439 e. The highest BCUT2D eigenvalue weighted by atomic mass is 32.1. The number of aromatic nitrogens is 3. The van der Waals surface area contributed by atoms with E-state index in [4.69, 9.17) is 15.0 Å². The topological polar surface area (TPSA) is 116 Å². The van der Waals surface area contributed by atoms with Crippen LogP contribution in [0, 0.1) is 13.8 Å². The maximum absolute atomic E-state index is 12.2. The first-order valence-corrected chi connectivity index (χ1v) is 8.40. The summed E-state index contributed by atoms with van der Waals surface area (Å²) in [5, 5.41) is 9.11. The van der Waals surface area contributed by atoms with Gasteiger partial charge in [-0.15, -0.1) is 11.3 Å². The summed E-state index contributed by atoms with van der Waals surface area (Å²) >= 11 is 1.42. The number of anilines is 2. The number of nitrogen functional groups attached to an aromatic ring is 1. The number of nitrogens with two attached hydrogens (primary N) is 1. The molecule has 25 heavy (non-hydrogen) atoms. The summed E-state index contributed by atoms with van der Waals surface area (Å²) < 4.78 is 10.7. The maximum Gasteiger partial charge on any atom is 0.412 e. The van der Waals surface area contributed by atoms with E-state index in [0.29, 0.717) is 39.2 Å². The van der Waals surface area contributed by atoms with Crippen LogP contribution in [0.4, 0.5) is 16.2 Å². The summed E-state index contributed by atoms with van der Waals surface area (Å²) in [6.45, 7) is 5.26. The van der Waals surface area contributed by atoms with E-state index in [2.05, 4.69) is 20.4 Å². The molecule has 0 saturated heterocycles. The van der Waals surface area contributed by atoms with Gasteiger partial charge in [0.2, 0.25) is 5.76 Å². The lowest BCUT2D eigenvalue weighted by Gasteiger charge is -2.11. The predicted molar refractivity (Wildman–Crippen MR) is 94.3 cm³/mol. The molecular weight excluding hydrogens is 342 g/mol. The molecule has 0 unspecified atom stereocenters. The van der Waals surface area contributed by atoms with Gasteiger partial charge >= 0.3 is 6.09 Å². The van der Waals surface area contributed by atoms with Crippen LogP contribution >= 0.6 is 11.3 Å². The number of carbonyl (C=O) groups is 1. The molecule has 130 valence electrons. The second-order valence-electron chi connectivity index (χ2n) is 5.39. The molecule has 0 saturated carbocycles. The molecule has 0 aromatic carbocycles. The van der Waals surface area contributed by atoms with E-state index in [1.54, 1.807) is 39.1 Å². The Morgan fingerprint density at radius 1 is 1.36 bits per heavy atom. The quantitative estimate of drug-likeness (QED) is 0.729. The molecule has 3 N–H and O–H groups in total. The normalized spacial score (nSPS) is 12.0. The molecule has 3 aromatic rings. The van der Waals surface area contributed by atoms with Gasteiger partial charge in [0.05, 0.1) is 11.4 Å². The molecule has 3 heterocycles. The van der Waals surface area contributed by atoms with Gasteiger partial charge < -0.3 is 15.0 Å². The van der Waals surface area contributed by atoms with Crippen LogP contribution in [0.15, 0.2) is 28.2 Å². The molecule has 0 aliphatic carbocycles. The van der Waals surface area contributed by atoms with Crippen LogP contribution in [0.3, 0.4) is 0 Å². The lowest BCUT2D eigenvalue weighted by molar-refractivity contribution is 0.121. The van der Waals surface area contributed by atoms with E-state index in [9.17, 15) is 4.79 Å². The summed E-state index contributed by atoms with van der Waals surface area (Å²) in [4.78, 5) is 20.7. The van der Waals surface area contributed by atoms with Crippen molar-refractivity contribution in [2.24, 2.45) is 0 Å². The Bertz CT molecular complexity index is 891. The van der Waals surface area contributed by atoms with E-state index in [1.807, 2.05) is 5.38 Å². The fourth-order valence-electron chi connectivity index (χ4n) is 2.17. The predicted octanol–water partition coefficient (Wildman–Crippen LogP) is 3.70. The average molecular weight is 359 g/mol. The molecular formula is C16H17N5O3S. The van der Waals surface area contributed by atoms with E-state index in [0.717, 1.165) is 0 Å². The number of nitrogens with zero attached hydrogens (tertiary/aromatic N) is 3. The molecule has 0 radical (unpaired) electrons. The number of ether oxygens (including phenoxy) is 1. The monoisotopic (exact) mass is 359 g/mol. The first-order chi connectivity index (χ1) is 12.0. The van der Waals surface area contributed by atoms with Gasteiger partial charge in [0.25, 0.3) is 0 Å². The van der Waals surface area contributed by atoms with Crippen LogP contribution in [0.5, 0.6) is 0 Å². The van der Waals surface area contributed by atoms with Crippen molar-refractivity contribution in [3.05, 3.63) is 40.1 Å². The molecule has 3 aromatic heterocycles. The van der Waals surface area contributed by atoms with Crippen LogP contribution in [0.1, 0.15) is 29.4 Å². The molecule has 0 aliphatic rings. The number of amides is 1. The van der Waals surface area contributed by atoms with E-state index < -0.39 is 12.2 Å². The van der Waals surface area contributed by atoms with E-state index in [-0.39, 0.29) is 0 Å². The minimum absolute atomic E-state index is 0.347. The maximum atomic E-state index is 12.2. The Morgan fingerprint density at radius 2 is 2.16 bits per heavy atom. The largest absolute Gasteiger partial charge is 0.439 e. The summed E-state index contributed by atoms with van der Waals surface area (Å²) in [5.41, 5.74) is 8.48. The van der Waals surface area contributed by atoms with Crippen molar-refractivity contribution >= 4 is 28.8 Å². The Kier molecular flexibility index (Phi) is 4.66. The number of pyridine rings is 1. The second-order valence-corrected chi connectivity index (χ2v) is 6.31. The van der Waals surface area contributed by atoms with Gasteiger partial charge in [-0.05, 0) is 32.9 Å². The van der Waals surface area contributed by atoms with Crippen LogP contribution in [-0.2, 0) is 4.74 Å². The van der Waals surface area contributed by atoms with Gasteiger partial charge in [-0.1, -0.05) is 5.16 Å². The number of hydrogen-bond acceptors (Lipinski definition) is 8. The fourth-order valence-corrected chi connectivity index (χ4v) is 2.79. The summed E-state index contributed by atoms with van der Waals surface area (Å²) in [7, 11) is 0. The molecule has 8 nitrogen and oxygen atoms in total. The molecule has 0 fully saturated rings. The van der Waals surface area contributed by atoms with Crippen LogP contribution < -0.4 is 11.1 Å². The van der Waals surface area contributed by atoms with Crippen molar-refractivity contribution in [1.82, 2.24) is 15.1 Å². The van der Waals surface area contributed by atoms with Crippen molar-refractivity contribution in [2.45, 2.75) is 26.9 Å². The third-order valence-electron chi connectivity index (χ3n) is 3.53. The zero-order valence-corrected chi connectivity index (χ0v) is 14.8. The third-order valence-corrected chi connectivity index (χ3v) is 4.47. The van der Waals surface area contributed by atoms with Gasteiger partial charge in [0.15, 0.2) is 6.10 Å². The summed E-state index contributed by atoms with van der Waals surface area (Å²) in [6.07, 6.45) is 0.581. The number of carbonyl (C=O) groups excluding carboxylic acids is 1. The van der Waals surface area contributed by atoms with Crippen LogP contribution in [0.25, 0.3) is 11.5 Å². The second kappa shape index (κ2) is 6.89. The number of rotatable bonds is 4. The molecule has 0 spiro atoms. The number of hydrogen-bond donors (Lipinski definition) is 2. The van der Waals surface area contributed by atoms with E-state index in [1.165, 1.54) is 11.3 Å². The van der Waals surface area contributed by atoms with E-state index >= 15 is 0 Å². The van der Waals surface area contributed by atoms with Crippen molar-refractivity contribution < 1.29 is 14.1 Å². The highest BCUT2D eigenvalue weighted by molar-refractivity contribution is 7.09. The summed E-state index contributed by atoms with van der Waals surface area (Å²) in [6, 6.07) is 3.43. The van der Waals surface area contributed by atoms with Crippen molar-refractivity contribution in [3.8, 4) is 11.5 Å². The first-order valence-electron chi connectivity index (χ1n) is 7.52. The lowest BCUT2D eigenvalue weighted by atomic mass is 10.2. The summed E-state index contributed by atoms with van der Waals surface area (Å²) in [5.74, 6) is 0.347. The third kappa shape index (κ3) is 3.61. The molecule has 3 rings (SSSR count). The molecule has 0 aliphatic heterocycles. The van der Waals surface area contributed by atoms with Crippen LogP contribution in [-0.4, -0.2) is 21.2 Å². The number of thiazole rings is 1. The average Bonchev–Trinajstić information content (AvgIpc) is 3.21. The van der Waals surface area contributed by atoms with Gasteiger partial charge in [0.1, 0.15) is 22.1 Å². The highest BCUT2D eigenvalue weighted by Crippen LogP contribution is 2.31. The van der Waals surface area contributed by atoms with Gasteiger partial charge in [-0.2, -0.15) is 0 Å². The number of nitrogens with one attached hydrogen (secondary N) is 1. The first kappa shape index (κ1) is 16.9. The molecule has 1 atom stereocenters. The van der Waals surface area contributed by atoms with Crippen LogP contribution in [0.2, 0.25) is 0 Å². The van der Waals surface area contributed by atoms with Crippen molar-refractivity contribution in [3.63, 3.8) is 0 Å². The van der Waals surface area contributed by atoms with Crippen molar-refractivity contribution in [1.29, 1.82) is 0 Å². The Balaban J connectivity index is 1.79. The Morgan fingerprint density at radius 3 is 2.84 bits per heavy atom. The Labute approximate surface area is 148 Å². The molecule has 0 bridgehead atoms. The van der Waals surface area contributed by atoms with Crippen molar-refractivity contribution in [2.75, 3.05) is 11.1 Å². The standard InChI is InChI=1S/C16H17N5O3S/c1-8-11(17)4-5-12(19-8)14-13(9(2)21-24-14)20-16(22)23-10(3)15-18-6-7-25-15/h4-7,10H,17H2,1-3H3,(H,20,22)/t10-/m1/s1. The zero-order valence-electron chi connectivity index (χ0n) is 13.9. The van der Waals surface area contributed by atoms with Gasteiger partial charge in [-0.3, -0.25) is 5.32 Å². The lowest BCUT2D eigenvalue weighted by Crippen LogP contribution is -2.16. The molecule has 9 heteroatoms.